The number of aromatic nitrogens is 3. The molecule has 5 rings (SSSR count). The number of hydrogen-bond donors (Lipinski definition) is 4. The van der Waals surface area contributed by atoms with Crippen molar-refractivity contribution in [3.8, 4) is 0 Å². The minimum Gasteiger partial charge on any atom is -0.480 e. The van der Waals surface area contributed by atoms with Crippen molar-refractivity contribution in [1.82, 2.24) is 29.7 Å². The number of carboxylic acid groups (broad SMARTS) is 1. The molecule has 0 aliphatic carbocycles. The topological polar surface area (TPSA) is 176 Å². The number of benzene rings is 1. The van der Waals surface area contributed by atoms with E-state index in [2.05, 4.69) is 32.1 Å². The molecule has 1 saturated heterocycles. The third kappa shape index (κ3) is 6.60. The molecular formula is C28H33N7O6S. The third-order valence-corrected chi connectivity index (χ3v) is 9.30. The molecule has 2 aromatic heterocycles. The smallest absolute Gasteiger partial charge is 0.328 e. The second-order valence-electron chi connectivity index (χ2n) is 10.3. The van der Waals surface area contributed by atoms with Crippen molar-refractivity contribution < 1.29 is 27.9 Å². The normalized spacial score (nSPS) is 17.6. The van der Waals surface area contributed by atoms with Crippen LogP contribution in [-0.4, -0.2) is 82.1 Å². The van der Waals surface area contributed by atoms with E-state index in [0.29, 0.717) is 19.4 Å². The Labute approximate surface area is 243 Å². The molecule has 0 spiro atoms. The van der Waals surface area contributed by atoms with Crippen LogP contribution in [0.15, 0.2) is 59.8 Å². The first-order chi connectivity index (χ1) is 20.2. The van der Waals surface area contributed by atoms with Crippen molar-refractivity contribution in [3.05, 3.63) is 71.7 Å². The average molecular weight is 596 g/mol. The molecule has 42 heavy (non-hydrogen) atoms. The highest BCUT2D eigenvalue weighted by atomic mass is 32.2. The van der Waals surface area contributed by atoms with Gasteiger partial charge in [0.05, 0.1) is 16.7 Å². The zero-order chi connectivity index (χ0) is 29.7. The second-order valence-corrected chi connectivity index (χ2v) is 12.2. The zero-order valence-electron chi connectivity index (χ0n) is 22.9. The fraction of sp³-hybridized carbons (Fsp3) is 0.393. The molecule has 14 heteroatoms. The summed E-state index contributed by atoms with van der Waals surface area (Å²) >= 11 is 0. The third-order valence-electron chi connectivity index (χ3n) is 7.38. The molecular weight excluding hydrogens is 562 g/mol. The minimum absolute atomic E-state index is 0.0586. The summed E-state index contributed by atoms with van der Waals surface area (Å²) in [5.41, 5.74) is 2.35. The number of nitrogens with zero attached hydrogens (tertiary/aromatic N) is 4. The van der Waals surface area contributed by atoms with E-state index < -0.39 is 46.4 Å². The summed E-state index contributed by atoms with van der Waals surface area (Å²) in [6.45, 7) is 1.15. The summed E-state index contributed by atoms with van der Waals surface area (Å²) in [5, 5.41) is 22.1. The van der Waals surface area contributed by atoms with Crippen LogP contribution in [0.3, 0.4) is 0 Å². The van der Waals surface area contributed by atoms with Gasteiger partial charge in [-0.15, -0.1) is 0 Å². The number of pyridine rings is 1. The number of hydrogen-bond acceptors (Lipinski definition) is 8. The van der Waals surface area contributed by atoms with Crippen molar-refractivity contribution in [2.45, 2.75) is 55.6 Å². The number of aliphatic carboxylic acids is 1. The number of sulfonamides is 1. The maximum absolute atomic E-state index is 13.1. The summed E-state index contributed by atoms with van der Waals surface area (Å²) < 4.78 is 28.9. The monoisotopic (exact) mass is 595 g/mol. The van der Waals surface area contributed by atoms with Gasteiger partial charge in [0.1, 0.15) is 17.9 Å². The predicted octanol–water partition coefficient (Wildman–Crippen LogP) is 1.03. The Hall–Kier alpha value is -4.30. The van der Waals surface area contributed by atoms with Crippen molar-refractivity contribution in [2.75, 3.05) is 25.0 Å². The van der Waals surface area contributed by atoms with Gasteiger partial charge in [0.25, 0.3) is 5.91 Å². The highest BCUT2D eigenvalue weighted by Gasteiger charge is 2.40. The number of rotatable bonds is 11. The van der Waals surface area contributed by atoms with Gasteiger partial charge in [0.2, 0.25) is 15.9 Å². The highest BCUT2D eigenvalue weighted by Crippen LogP contribution is 2.26. The van der Waals surface area contributed by atoms with Gasteiger partial charge in [-0.2, -0.15) is 9.40 Å². The van der Waals surface area contributed by atoms with Crippen LogP contribution >= 0.6 is 0 Å². The lowest BCUT2D eigenvalue weighted by Crippen LogP contribution is -2.54. The van der Waals surface area contributed by atoms with E-state index in [1.54, 1.807) is 29.1 Å². The van der Waals surface area contributed by atoms with Gasteiger partial charge in [0.15, 0.2) is 0 Å². The van der Waals surface area contributed by atoms with Crippen LogP contribution in [0.1, 0.15) is 40.9 Å². The number of fused-ring (bicyclic) bond motifs is 1. The van der Waals surface area contributed by atoms with Gasteiger partial charge in [-0.05, 0) is 49.4 Å². The van der Waals surface area contributed by atoms with Gasteiger partial charge in [-0.25, -0.2) is 18.2 Å². The van der Waals surface area contributed by atoms with Crippen LogP contribution < -0.4 is 16.0 Å². The zero-order valence-corrected chi connectivity index (χ0v) is 23.7. The van der Waals surface area contributed by atoms with E-state index in [0.717, 1.165) is 35.2 Å². The molecule has 4 heterocycles. The van der Waals surface area contributed by atoms with Crippen LogP contribution in [0.5, 0.6) is 0 Å². The molecule has 1 aromatic carbocycles. The molecule has 1 unspecified atom stereocenters. The number of anilines is 1. The number of carbonyl (C=O) groups is 3. The largest absolute Gasteiger partial charge is 0.480 e. The molecule has 3 aromatic rings. The minimum atomic E-state index is -3.94. The second kappa shape index (κ2) is 12.7. The quantitative estimate of drug-likeness (QED) is 0.252. The molecule has 13 nitrogen and oxygen atoms in total. The Kier molecular flexibility index (Phi) is 8.83. The van der Waals surface area contributed by atoms with Crippen LogP contribution in [-0.2, 0) is 39.0 Å². The molecule has 0 saturated carbocycles. The Morgan fingerprint density at radius 3 is 2.71 bits per heavy atom. The van der Waals surface area contributed by atoms with E-state index in [4.69, 9.17) is 0 Å². The molecule has 2 amide bonds. The van der Waals surface area contributed by atoms with Gasteiger partial charge in [-0.3, -0.25) is 14.3 Å². The maximum Gasteiger partial charge on any atom is 0.328 e. The maximum atomic E-state index is 13.1. The highest BCUT2D eigenvalue weighted by molar-refractivity contribution is 7.89. The standard InChI is InChI=1S/C28H33N7O6S/c36-26(20-16-31-34(18-20)15-12-21-11-10-19-6-4-13-29-25(19)32-21)30-17-23(28(38)39)33-27(37)24-9-5-14-35(24)42(40,41)22-7-2-1-3-8-22/h1-3,7-8,10-11,16,18,23-24H,4-6,9,12-15,17H2,(H,29,32)(H,30,36)(H,33,37)(H,38,39)/t23?,24-/m0/s1. The molecule has 2 aliphatic heterocycles. The van der Waals surface area contributed by atoms with Gasteiger partial charge in [-0.1, -0.05) is 24.3 Å². The van der Waals surface area contributed by atoms with Crippen molar-refractivity contribution in [3.63, 3.8) is 0 Å². The first kappa shape index (κ1) is 29.2. The average Bonchev–Trinajstić information content (AvgIpc) is 3.69. The Morgan fingerprint density at radius 1 is 1.12 bits per heavy atom. The molecule has 1 fully saturated rings. The number of nitrogens with one attached hydrogen (secondary N) is 3. The molecule has 0 bridgehead atoms. The molecule has 2 atom stereocenters. The fourth-order valence-electron chi connectivity index (χ4n) is 5.12. The lowest BCUT2D eigenvalue weighted by molar-refractivity contribution is -0.142. The Balaban J connectivity index is 1.15. The van der Waals surface area contributed by atoms with Crippen LogP contribution in [0.4, 0.5) is 5.82 Å². The van der Waals surface area contributed by atoms with Crippen molar-refractivity contribution in [1.29, 1.82) is 0 Å². The van der Waals surface area contributed by atoms with E-state index >= 15 is 0 Å². The Bertz CT molecular complexity index is 1560. The van der Waals surface area contributed by atoms with Gasteiger partial charge >= 0.3 is 5.97 Å². The summed E-state index contributed by atoms with van der Waals surface area (Å²) in [7, 11) is -3.94. The van der Waals surface area contributed by atoms with Gasteiger partial charge in [0, 0.05) is 44.5 Å². The first-order valence-electron chi connectivity index (χ1n) is 13.9. The number of aryl methyl sites for hydroxylation is 3. The van der Waals surface area contributed by atoms with E-state index in [9.17, 15) is 27.9 Å². The summed E-state index contributed by atoms with van der Waals surface area (Å²) in [5.74, 6) is -1.72. The predicted molar refractivity (Wildman–Crippen MR) is 152 cm³/mol. The lowest BCUT2D eigenvalue weighted by atomic mass is 10.1. The van der Waals surface area contributed by atoms with Crippen molar-refractivity contribution >= 4 is 33.6 Å². The molecule has 222 valence electrons. The number of amides is 2. The molecule has 4 N–H and O–H groups in total. The van der Waals surface area contributed by atoms with Gasteiger partial charge < -0.3 is 21.1 Å². The summed E-state index contributed by atoms with van der Waals surface area (Å²) in [6, 6.07) is 9.33. The summed E-state index contributed by atoms with van der Waals surface area (Å²) in [4.78, 5) is 42.4. The van der Waals surface area contributed by atoms with Crippen LogP contribution in [0, 0.1) is 0 Å². The molecule has 0 radical (unpaired) electrons. The molecule has 2 aliphatic rings. The van der Waals surface area contributed by atoms with E-state index in [1.807, 2.05) is 6.07 Å². The first-order valence-corrected chi connectivity index (χ1v) is 15.3. The van der Waals surface area contributed by atoms with Crippen LogP contribution in [0.25, 0.3) is 0 Å². The number of carboxylic acids is 1. The van der Waals surface area contributed by atoms with E-state index in [-0.39, 0.29) is 23.4 Å². The fourth-order valence-corrected chi connectivity index (χ4v) is 6.80. The van der Waals surface area contributed by atoms with E-state index in [1.165, 1.54) is 23.9 Å². The van der Waals surface area contributed by atoms with Crippen LogP contribution in [0.2, 0.25) is 0 Å². The summed E-state index contributed by atoms with van der Waals surface area (Å²) in [6.07, 6.45) is 6.37. The lowest BCUT2D eigenvalue weighted by Gasteiger charge is -2.25. The Morgan fingerprint density at radius 2 is 1.93 bits per heavy atom. The van der Waals surface area contributed by atoms with Crippen molar-refractivity contribution in [2.24, 2.45) is 0 Å². The SMILES string of the molecule is O=C(NCC(NC(=O)[C@@H]1CCCN1S(=O)(=O)c1ccccc1)C(=O)O)c1cnn(CCc2ccc3c(n2)NCCC3)c1. The number of carbonyl (C=O) groups excluding carboxylic acids is 2.